The Hall–Kier alpha value is -2.79. The lowest BCUT2D eigenvalue weighted by Gasteiger charge is -2.30. The maximum atomic E-state index is 13.4. The van der Waals surface area contributed by atoms with Gasteiger partial charge in [-0.15, -0.1) is 0 Å². The van der Waals surface area contributed by atoms with E-state index in [0.29, 0.717) is 30.4 Å². The number of rotatable bonds is 12. The van der Waals surface area contributed by atoms with Gasteiger partial charge in [0, 0.05) is 36.1 Å². The first-order chi connectivity index (χ1) is 18.0. The minimum absolute atomic E-state index is 0.0103. The molecule has 2 amide bonds. The van der Waals surface area contributed by atoms with Gasteiger partial charge < -0.3 is 19.7 Å². The molecule has 0 bridgehead atoms. The van der Waals surface area contributed by atoms with Crippen LogP contribution in [0.5, 0.6) is 11.5 Å². The number of nitrogens with zero attached hydrogens (tertiary/aromatic N) is 2. The number of hydrogen-bond donors (Lipinski definition) is 1. The molecule has 2 aromatic rings. The van der Waals surface area contributed by atoms with Crippen molar-refractivity contribution in [3.63, 3.8) is 0 Å². The molecule has 0 aliphatic carbocycles. The summed E-state index contributed by atoms with van der Waals surface area (Å²) in [4.78, 5) is 27.9. The lowest BCUT2D eigenvalue weighted by atomic mass is 10.1. The average Bonchev–Trinajstić information content (AvgIpc) is 2.89. The second-order valence-electron chi connectivity index (χ2n) is 9.41. The van der Waals surface area contributed by atoms with Gasteiger partial charge in [-0.2, -0.15) is 0 Å². The van der Waals surface area contributed by atoms with Gasteiger partial charge in [-0.3, -0.25) is 13.9 Å². The predicted molar refractivity (Wildman–Crippen MR) is 151 cm³/mol. The van der Waals surface area contributed by atoms with Crippen LogP contribution in [0.3, 0.4) is 0 Å². The molecular weight excluding hydrogens is 574 g/mol. The van der Waals surface area contributed by atoms with Crippen LogP contribution in [0.1, 0.15) is 45.6 Å². The molecule has 1 aliphatic heterocycles. The number of anilines is 1. The zero-order valence-corrected chi connectivity index (χ0v) is 24.7. The first-order valence-corrected chi connectivity index (χ1v) is 15.4. The zero-order valence-electron chi connectivity index (χ0n) is 22.3. The first kappa shape index (κ1) is 29.8. The Morgan fingerprint density at radius 3 is 2.34 bits per heavy atom. The van der Waals surface area contributed by atoms with Crippen molar-refractivity contribution in [1.82, 2.24) is 10.2 Å². The number of amides is 2. The summed E-state index contributed by atoms with van der Waals surface area (Å²) in [6.07, 6.45) is 2.26. The monoisotopic (exact) mass is 609 g/mol. The third-order valence-corrected chi connectivity index (χ3v) is 8.12. The molecule has 11 heteroatoms. The highest BCUT2D eigenvalue weighted by Crippen LogP contribution is 2.34. The number of fused-ring (bicyclic) bond motifs is 1. The Morgan fingerprint density at radius 2 is 1.71 bits per heavy atom. The normalized spacial score (nSPS) is 14.3. The Kier molecular flexibility index (Phi) is 10.4. The summed E-state index contributed by atoms with van der Waals surface area (Å²) in [5.41, 5.74) is 1.33. The molecule has 0 saturated carbocycles. The van der Waals surface area contributed by atoms with Crippen LogP contribution in [0.15, 0.2) is 46.9 Å². The molecular formula is C27H36BrN3O6S. The fourth-order valence-corrected chi connectivity index (χ4v) is 5.25. The standard InChI is InChI=1S/C27H36BrN3O6S/c1-5-19(2)29-27(33)20(3)30(18-21-8-10-22(28)11-9-21)26(32)7-6-14-31(38(4,34)35)23-12-13-24-25(17-23)37-16-15-36-24/h8-13,17,19-20H,5-7,14-16,18H2,1-4H3,(H,29,33)/t19-,20+/m1/s1. The smallest absolute Gasteiger partial charge is 0.242 e. The van der Waals surface area contributed by atoms with E-state index in [2.05, 4.69) is 21.2 Å². The molecule has 2 aromatic carbocycles. The van der Waals surface area contributed by atoms with Crippen LogP contribution in [0, 0.1) is 0 Å². The van der Waals surface area contributed by atoms with Gasteiger partial charge in [0.2, 0.25) is 21.8 Å². The summed E-state index contributed by atoms with van der Waals surface area (Å²) < 4.78 is 38.5. The van der Waals surface area contributed by atoms with Crippen LogP contribution in [0.25, 0.3) is 0 Å². The first-order valence-electron chi connectivity index (χ1n) is 12.7. The van der Waals surface area contributed by atoms with Gasteiger partial charge in [0.1, 0.15) is 19.3 Å². The second-order valence-corrected chi connectivity index (χ2v) is 12.2. The van der Waals surface area contributed by atoms with E-state index in [9.17, 15) is 18.0 Å². The fraction of sp³-hybridized carbons (Fsp3) is 0.481. The van der Waals surface area contributed by atoms with E-state index < -0.39 is 16.1 Å². The summed E-state index contributed by atoms with van der Waals surface area (Å²) >= 11 is 3.42. The third-order valence-electron chi connectivity index (χ3n) is 6.40. The number of benzene rings is 2. The van der Waals surface area contributed by atoms with E-state index in [1.807, 2.05) is 38.1 Å². The van der Waals surface area contributed by atoms with Crippen molar-refractivity contribution < 1.29 is 27.5 Å². The number of sulfonamides is 1. The molecule has 208 valence electrons. The Morgan fingerprint density at radius 1 is 1.05 bits per heavy atom. The molecule has 0 spiro atoms. The Balaban J connectivity index is 1.73. The van der Waals surface area contributed by atoms with Gasteiger partial charge >= 0.3 is 0 Å². The van der Waals surface area contributed by atoms with Crippen LogP contribution in [0.2, 0.25) is 0 Å². The zero-order chi connectivity index (χ0) is 27.9. The number of hydrogen-bond acceptors (Lipinski definition) is 6. The number of ether oxygens (including phenoxy) is 2. The topological polar surface area (TPSA) is 105 Å². The van der Waals surface area contributed by atoms with Crippen LogP contribution in [0.4, 0.5) is 5.69 Å². The van der Waals surface area contributed by atoms with Crippen molar-refractivity contribution in [3.05, 3.63) is 52.5 Å². The quantitative estimate of drug-likeness (QED) is 0.388. The lowest BCUT2D eigenvalue weighted by Crippen LogP contribution is -2.49. The van der Waals surface area contributed by atoms with E-state index in [1.54, 1.807) is 30.0 Å². The molecule has 38 heavy (non-hydrogen) atoms. The van der Waals surface area contributed by atoms with Gasteiger partial charge in [0.05, 0.1) is 11.9 Å². The molecule has 2 atom stereocenters. The van der Waals surface area contributed by atoms with Crippen molar-refractivity contribution >= 4 is 43.5 Å². The number of carbonyl (C=O) groups excluding carboxylic acids is 2. The molecule has 1 heterocycles. The van der Waals surface area contributed by atoms with E-state index in [-0.39, 0.29) is 43.8 Å². The summed E-state index contributed by atoms with van der Waals surface area (Å²) in [5.74, 6) is 0.603. The third kappa shape index (κ3) is 8.10. The summed E-state index contributed by atoms with van der Waals surface area (Å²) in [5, 5.41) is 2.95. The highest BCUT2D eigenvalue weighted by atomic mass is 79.9. The largest absolute Gasteiger partial charge is 0.486 e. The molecule has 9 nitrogen and oxygen atoms in total. The SMILES string of the molecule is CC[C@@H](C)NC(=O)[C@H](C)N(Cc1ccc(Br)cc1)C(=O)CCCN(c1ccc2c(c1)OCCO2)S(C)(=O)=O. The van der Waals surface area contributed by atoms with Crippen LogP contribution >= 0.6 is 15.9 Å². The molecule has 1 aliphatic rings. The van der Waals surface area contributed by atoms with Gasteiger partial charge in [-0.25, -0.2) is 8.42 Å². The fourth-order valence-electron chi connectivity index (χ4n) is 4.03. The van der Waals surface area contributed by atoms with Crippen molar-refractivity contribution in [3.8, 4) is 11.5 Å². The van der Waals surface area contributed by atoms with E-state index in [4.69, 9.17) is 9.47 Å². The predicted octanol–water partition coefficient (Wildman–Crippen LogP) is 4.10. The van der Waals surface area contributed by atoms with Gasteiger partial charge in [0.25, 0.3) is 0 Å². The summed E-state index contributed by atoms with van der Waals surface area (Å²) in [6.45, 7) is 6.81. The Labute approximate surface area is 233 Å². The van der Waals surface area contributed by atoms with E-state index in [0.717, 1.165) is 22.7 Å². The number of carbonyl (C=O) groups is 2. The molecule has 3 rings (SSSR count). The van der Waals surface area contributed by atoms with Crippen molar-refractivity contribution in [2.75, 3.05) is 30.3 Å². The molecule has 0 unspecified atom stereocenters. The second kappa shape index (κ2) is 13.3. The molecule has 0 fully saturated rings. The number of halogens is 1. The maximum Gasteiger partial charge on any atom is 0.242 e. The van der Waals surface area contributed by atoms with Gasteiger partial charge in [0.15, 0.2) is 11.5 Å². The number of nitrogens with one attached hydrogen (secondary N) is 1. The summed E-state index contributed by atoms with van der Waals surface area (Å²) in [7, 11) is -3.62. The van der Waals surface area contributed by atoms with Crippen molar-refractivity contribution in [2.45, 2.75) is 58.7 Å². The molecule has 0 radical (unpaired) electrons. The van der Waals surface area contributed by atoms with Crippen molar-refractivity contribution in [1.29, 1.82) is 0 Å². The minimum Gasteiger partial charge on any atom is -0.486 e. The van der Waals surface area contributed by atoms with Crippen LogP contribution < -0.4 is 19.1 Å². The van der Waals surface area contributed by atoms with Crippen LogP contribution in [-0.2, 0) is 26.2 Å². The van der Waals surface area contributed by atoms with E-state index in [1.165, 1.54) is 4.31 Å². The summed E-state index contributed by atoms with van der Waals surface area (Å²) in [6, 6.07) is 11.9. The van der Waals surface area contributed by atoms with Gasteiger partial charge in [-0.05, 0) is 56.5 Å². The molecule has 0 aromatic heterocycles. The Bertz CT molecular complexity index is 1220. The average molecular weight is 611 g/mol. The molecule has 1 N–H and O–H groups in total. The minimum atomic E-state index is -3.62. The van der Waals surface area contributed by atoms with Crippen LogP contribution in [-0.4, -0.2) is 63.2 Å². The van der Waals surface area contributed by atoms with Gasteiger partial charge in [-0.1, -0.05) is 35.0 Å². The van der Waals surface area contributed by atoms with Crippen molar-refractivity contribution in [2.24, 2.45) is 0 Å². The lowest BCUT2D eigenvalue weighted by molar-refractivity contribution is -0.140. The maximum absolute atomic E-state index is 13.4. The highest BCUT2D eigenvalue weighted by molar-refractivity contribution is 9.10. The van der Waals surface area contributed by atoms with E-state index >= 15 is 0 Å². The highest BCUT2D eigenvalue weighted by Gasteiger charge is 2.27. The molecule has 0 saturated heterocycles.